The van der Waals surface area contributed by atoms with Crippen LogP contribution in [-0.2, 0) is 4.79 Å². The highest BCUT2D eigenvalue weighted by atomic mass is 16.2. The van der Waals surface area contributed by atoms with Gasteiger partial charge in [0.25, 0.3) is 5.91 Å². The minimum atomic E-state index is -0.181. The number of rotatable bonds is 2. The highest BCUT2D eigenvalue weighted by molar-refractivity contribution is 5.92. The van der Waals surface area contributed by atoms with Crippen LogP contribution in [0.15, 0.2) is 42.7 Å². The lowest BCUT2D eigenvalue weighted by Crippen LogP contribution is -2.52. The molecule has 2 amide bonds. The van der Waals surface area contributed by atoms with Gasteiger partial charge in [-0.2, -0.15) is 0 Å². The highest BCUT2D eigenvalue weighted by Gasteiger charge is 2.33. The van der Waals surface area contributed by atoms with Crippen molar-refractivity contribution in [3.05, 3.63) is 59.7 Å². The van der Waals surface area contributed by atoms with E-state index in [4.69, 9.17) is 0 Å². The van der Waals surface area contributed by atoms with Crippen molar-refractivity contribution in [1.82, 2.24) is 19.8 Å². The van der Waals surface area contributed by atoms with Crippen LogP contribution < -0.4 is 0 Å². The van der Waals surface area contributed by atoms with E-state index in [2.05, 4.69) is 9.97 Å². The van der Waals surface area contributed by atoms with Crippen LogP contribution in [-0.4, -0.2) is 51.2 Å². The third-order valence-corrected chi connectivity index (χ3v) is 4.27. The Labute approximate surface area is 141 Å². The van der Waals surface area contributed by atoms with Crippen LogP contribution in [0.2, 0.25) is 0 Å². The van der Waals surface area contributed by atoms with Gasteiger partial charge < -0.3 is 9.80 Å². The normalized spacial score (nSPS) is 17.7. The lowest BCUT2D eigenvalue weighted by molar-refractivity contribution is -0.131. The summed E-state index contributed by atoms with van der Waals surface area (Å²) in [5.74, 6) is -0.127. The van der Waals surface area contributed by atoms with Gasteiger partial charge in [-0.05, 0) is 12.5 Å². The van der Waals surface area contributed by atoms with Crippen molar-refractivity contribution >= 4 is 11.8 Å². The third kappa shape index (κ3) is 3.27. The molecule has 0 spiro atoms. The summed E-state index contributed by atoms with van der Waals surface area (Å²) in [4.78, 5) is 36.6. The van der Waals surface area contributed by atoms with E-state index in [-0.39, 0.29) is 17.9 Å². The first-order valence-corrected chi connectivity index (χ1v) is 7.96. The maximum absolute atomic E-state index is 12.9. The van der Waals surface area contributed by atoms with E-state index in [1.54, 1.807) is 22.9 Å². The van der Waals surface area contributed by atoms with Crippen LogP contribution in [0.3, 0.4) is 0 Å². The average molecular weight is 324 g/mol. The lowest BCUT2D eigenvalue weighted by Gasteiger charge is -2.41. The molecule has 0 aliphatic carbocycles. The number of aryl methyl sites for hydroxylation is 1. The van der Waals surface area contributed by atoms with Crippen LogP contribution in [0.25, 0.3) is 0 Å². The molecule has 1 aromatic heterocycles. The fourth-order valence-electron chi connectivity index (χ4n) is 2.92. The Bertz CT molecular complexity index is 730. The van der Waals surface area contributed by atoms with E-state index in [9.17, 15) is 9.59 Å². The van der Waals surface area contributed by atoms with E-state index < -0.39 is 0 Å². The second-order valence-corrected chi connectivity index (χ2v) is 5.93. The van der Waals surface area contributed by atoms with Crippen molar-refractivity contribution in [3.63, 3.8) is 0 Å². The zero-order chi connectivity index (χ0) is 17.1. The number of hydrogen-bond donors (Lipinski definition) is 0. The van der Waals surface area contributed by atoms with Gasteiger partial charge in [-0.3, -0.25) is 14.6 Å². The number of amides is 2. The summed E-state index contributed by atoms with van der Waals surface area (Å²) in [6.07, 6.45) is 3.10. The molecule has 0 N–H and O–H groups in total. The van der Waals surface area contributed by atoms with Crippen LogP contribution in [0, 0.1) is 6.92 Å². The molecule has 0 unspecified atom stereocenters. The van der Waals surface area contributed by atoms with Gasteiger partial charge in [0, 0.05) is 32.8 Å². The number of aromatic nitrogens is 2. The van der Waals surface area contributed by atoms with Crippen molar-refractivity contribution in [3.8, 4) is 0 Å². The van der Waals surface area contributed by atoms with Crippen molar-refractivity contribution in [1.29, 1.82) is 0 Å². The first-order valence-electron chi connectivity index (χ1n) is 7.96. The fourth-order valence-corrected chi connectivity index (χ4v) is 2.92. The Kier molecular flexibility index (Phi) is 4.55. The Morgan fingerprint density at radius 3 is 2.46 bits per heavy atom. The van der Waals surface area contributed by atoms with Gasteiger partial charge in [0.1, 0.15) is 5.69 Å². The summed E-state index contributed by atoms with van der Waals surface area (Å²) in [5.41, 5.74) is 2.11. The van der Waals surface area contributed by atoms with E-state index in [1.165, 1.54) is 6.20 Å². The molecule has 124 valence electrons. The molecule has 1 saturated heterocycles. The molecule has 2 aromatic rings. The molecule has 1 fully saturated rings. The Balaban J connectivity index is 1.90. The number of benzene rings is 1. The topological polar surface area (TPSA) is 66.4 Å². The van der Waals surface area contributed by atoms with E-state index >= 15 is 0 Å². The SMILES string of the molecule is CC(=O)N1CCN(C(=O)c2cnc(C)cn2)[C@H](c2ccccc2)C1. The molecule has 1 aliphatic rings. The largest absolute Gasteiger partial charge is 0.339 e. The van der Waals surface area contributed by atoms with Gasteiger partial charge in [-0.1, -0.05) is 30.3 Å². The minimum absolute atomic E-state index is 0.0261. The number of piperazine rings is 1. The zero-order valence-corrected chi connectivity index (χ0v) is 13.8. The number of hydrogen-bond acceptors (Lipinski definition) is 4. The van der Waals surface area contributed by atoms with Gasteiger partial charge >= 0.3 is 0 Å². The maximum Gasteiger partial charge on any atom is 0.274 e. The van der Waals surface area contributed by atoms with E-state index in [0.29, 0.717) is 25.3 Å². The van der Waals surface area contributed by atoms with Gasteiger partial charge in [0.2, 0.25) is 5.91 Å². The Morgan fingerprint density at radius 1 is 1.08 bits per heavy atom. The molecule has 3 rings (SSSR count). The van der Waals surface area contributed by atoms with Crippen LogP contribution >= 0.6 is 0 Å². The lowest BCUT2D eigenvalue weighted by atomic mass is 10.0. The second-order valence-electron chi connectivity index (χ2n) is 5.93. The van der Waals surface area contributed by atoms with E-state index in [0.717, 1.165) is 11.3 Å². The van der Waals surface area contributed by atoms with Gasteiger partial charge in [0.15, 0.2) is 0 Å². The first-order chi connectivity index (χ1) is 11.6. The van der Waals surface area contributed by atoms with Gasteiger partial charge in [-0.15, -0.1) is 0 Å². The number of carbonyl (C=O) groups excluding carboxylic acids is 2. The molecule has 1 aromatic carbocycles. The quantitative estimate of drug-likeness (QED) is 0.845. The predicted molar refractivity (Wildman–Crippen MR) is 89.2 cm³/mol. The Hall–Kier alpha value is -2.76. The molecule has 2 heterocycles. The van der Waals surface area contributed by atoms with Crippen molar-refractivity contribution < 1.29 is 9.59 Å². The van der Waals surface area contributed by atoms with Gasteiger partial charge in [0.05, 0.1) is 17.9 Å². The summed E-state index contributed by atoms with van der Waals surface area (Å²) in [6.45, 7) is 4.90. The molecular weight excluding hydrogens is 304 g/mol. The summed E-state index contributed by atoms with van der Waals surface area (Å²) in [5, 5.41) is 0. The molecule has 0 radical (unpaired) electrons. The van der Waals surface area contributed by atoms with Crippen LogP contribution in [0.4, 0.5) is 0 Å². The first kappa shape index (κ1) is 16.1. The molecule has 6 nitrogen and oxygen atoms in total. The molecular formula is C18H20N4O2. The predicted octanol–water partition coefficient (Wildman–Crippen LogP) is 1.83. The zero-order valence-electron chi connectivity index (χ0n) is 13.8. The van der Waals surface area contributed by atoms with Gasteiger partial charge in [-0.25, -0.2) is 4.98 Å². The van der Waals surface area contributed by atoms with Crippen molar-refractivity contribution in [2.45, 2.75) is 19.9 Å². The average Bonchev–Trinajstić information content (AvgIpc) is 2.62. The fraction of sp³-hybridized carbons (Fsp3) is 0.333. The summed E-state index contributed by atoms with van der Waals surface area (Å²) in [7, 11) is 0. The molecule has 6 heteroatoms. The number of carbonyl (C=O) groups is 2. The second kappa shape index (κ2) is 6.78. The molecule has 0 saturated carbocycles. The maximum atomic E-state index is 12.9. The van der Waals surface area contributed by atoms with Crippen molar-refractivity contribution in [2.75, 3.05) is 19.6 Å². The summed E-state index contributed by atoms with van der Waals surface area (Å²) >= 11 is 0. The smallest absolute Gasteiger partial charge is 0.274 e. The minimum Gasteiger partial charge on any atom is -0.339 e. The molecule has 24 heavy (non-hydrogen) atoms. The van der Waals surface area contributed by atoms with Crippen LogP contribution in [0.5, 0.6) is 0 Å². The number of nitrogens with zero attached hydrogens (tertiary/aromatic N) is 4. The molecule has 0 bridgehead atoms. The molecule has 1 atom stereocenters. The Morgan fingerprint density at radius 2 is 1.83 bits per heavy atom. The highest BCUT2D eigenvalue weighted by Crippen LogP contribution is 2.26. The standard InChI is InChI=1S/C18H20N4O2/c1-13-10-20-16(11-19-13)18(24)22-9-8-21(14(2)23)12-17(22)15-6-4-3-5-7-15/h3-7,10-11,17H,8-9,12H2,1-2H3/t17-/m0/s1. The monoisotopic (exact) mass is 324 g/mol. The summed E-state index contributed by atoms with van der Waals surface area (Å²) < 4.78 is 0. The third-order valence-electron chi connectivity index (χ3n) is 4.27. The van der Waals surface area contributed by atoms with Crippen molar-refractivity contribution in [2.24, 2.45) is 0 Å². The summed E-state index contributed by atoms with van der Waals surface area (Å²) in [6, 6.07) is 9.60. The van der Waals surface area contributed by atoms with E-state index in [1.807, 2.05) is 37.3 Å². The molecule has 1 aliphatic heterocycles. The van der Waals surface area contributed by atoms with Crippen LogP contribution in [0.1, 0.15) is 34.7 Å².